The van der Waals surface area contributed by atoms with Crippen molar-refractivity contribution in [2.45, 2.75) is 20.3 Å². The third kappa shape index (κ3) is 3.51. The number of rotatable bonds is 6. The Labute approximate surface area is 128 Å². The monoisotopic (exact) mass is 307 g/mol. The van der Waals surface area contributed by atoms with Crippen molar-refractivity contribution in [1.29, 1.82) is 0 Å². The highest BCUT2D eigenvalue weighted by molar-refractivity contribution is 7.09. The molecular weight excluding hydrogens is 286 g/mol. The number of aliphatic hydroxyl groups excluding tert-OH is 1. The number of hydrogen-bond donors (Lipinski definition) is 1. The lowest BCUT2D eigenvalue weighted by Gasteiger charge is -2.20. The maximum atomic E-state index is 12.6. The fourth-order valence-electron chi connectivity index (χ4n) is 2.24. The summed E-state index contributed by atoms with van der Waals surface area (Å²) in [6, 6.07) is 1.89. The molecule has 0 radical (unpaired) electrons. The van der Waals surface area contributed by atoms with Gasteiger partial charge in [0, 0.05) is 43.9 Å². The Morgan fingerprint density at radius 3 is 2.86 bits per heavy atom. The largest absolute Gasteiger partial charge is 0.396 e. The zero-order valence-corrected chi connectivity index (χ0v) is 13.5. The van der Waals surface area contributed by atoms with Crippen LogP contribution in [0.3, 0.4) is 0 Å². The molecule has 0 aliphatic heterocycles. The number of carbonyl (C=O) groups is 1. The van der Waals surface area contributed by atoms with Gasteiger partial charge in [-0.1, -0.05) is 0 Å². The Morgan fingerprint density at radius 1 is 1.52 bits per heavy atom. The van der Waals surface area contributed by atoms with E-state index in [0.29, 0.717) is 25.2 Å². The third-order valence-electron chi connectivity index (χ3n) is 3.39. The number of nitrogens with zero attached hydrogens (tertiary/aromatic N) is 3. The first-order chi connectivity index (χ1) is 10.1. The van der Waals surface area contributed by atoms with Crippen LogP contribution in [0.5, 0.6) is 0 Å². The van der Waals surface area contributed by atoms with E-state index >= 15 is 0 Å². The summed E-state index contributed by atoms with van der Waals surface area (Å²) in [7, 11) is 1.87. The fraction of sp³-hybridized carbons (Fsp3) is 0.467. The van der Waals surface area contributed by atoms with E-state index in [1.54, 1.807) is 16.2 Å². The second kappa shape index (κ2) is 6.87. The van der Waals surface area contributed by atoms with E-state index in [1.807, 2.05) is 43.1 Å². The van der Waals surface area contributed by atoms with E-state index < -0.39 is 0 Å². The number of aromatic nitrogens is 2. The average molecular weight is 307 g/mol. The smallest absolute Gasteiger partial charge is 0.270 e. The van der Waals surface area contributed by atoms with Gasteiger partial charge in [0.1, 0.15) is 5.69 Å². The van der Waals surface area contributed by atoms with Gasteiger partial charge in [0.15, 0.2) is 0 Å². The van der Waals surface area contributed by atoms with Gasteiger partial charge in [0.05, 0.1) is 10.7 Å². The Morgan fingerprint density at radius 2 is 2.29 bits per heavy atom. The first kappa shape index (κ1) is 15.7. The molecule has 0 atom stereocenters. The summed E-state index contributed by atoms with van der Waals surface area (Å²) in [6.07, 6.45) is 2.53. The molecule has 0 unspecified atom stereocenters. The summed E-state index contributed by atoms with van der Waals surface area (Å²) in [6.45, 7) is 5.22. The minimum Gasteiger partial charge on any atom is -0.396 e. The Kier molecular flexibility index (Phi) is 5.14. The van der Waals surface area contributed by atoms with Crippen LogP contribution in [0.2, 0.25) is 0 Å². The number of aliphatic hydroxyl groups is 1. The summed E-state index contributed by atoms with van der Waals surface area (Å²) in [5.74, 6) is -0.00773. The predicted molar refractivity (Wildman–Crippen MR) is 84.5 cm³/mol. The zero-order valence-electron chi connectivity index (χ0n) is 12.7. The first-order valence-corrected chi connectivity index (χ1v) is 7.93. The molecule has 1 N–H and O–H groups in total. The number of hydrogen-bond acceptors (Lipinski definition) is 4. The minimum atomic E-state index is -0.00773. The summed E-state index contributed by atoms with van der Waals surface area (Å²) in [5, 5.41) is 11.9. The SMILES string of the molecule is CCN(CCCO)C(=O)c1cc(-c2csc(C)n2)cn1C. The van der Waals surface area contributed by atoms with E-state index in [9.17, 15) is 4.79 Å². The van der Waals surface area contributed by atoms with Crippen LogP contribution in [0, 0.1) is 6.92 Å². The van der Waals surface area contributed by atoms with Crippen LogP contribution in [0.25, 0.3) is 11.3 Å². The van der Waals surface area contributed by atoms with Gasteiger partial charge in [-0.25, -0.2) is 4.98 Å². The lowest BCUT2D eigenvalue weighted by molar-refractivity contribution is 0.0745. The lowest BCUT2D eigenvalue weighted by Crippen LogP contribution is -2.33. The highest BCUT2D eigenvalue weighted by Crippen LogP contribution is 2.24. The molecule has 0 aliphatic rings. The van der Waals surface area contributed by atoms with Gasteiger partial charge in [-0.2, -0.15) is 0 Å². The molecule has 2 aromatic rings. The van der Waals surface area contributed by atoms with Crippen LogP contribution < -0.4 is 0 Å². The van der Waals surface area contributed by atoms with Crippen molar-refractivity contribution in [3.8, 4) is 11.3 Å². The van der Waals surface area contributed by atoms with Crippen LogP contribution in [-0.2, 0) is 7.05 Å². The molecule has 2 aromatic heterocycles. The van der Waals surface area contributed by atoms with Crippen LogP contribution in [0.1, 0.15) is 28.8 Å². The number of carbonyl (C=O) groups excluding carboxylic acids is 1. The Balaban J connectivity index is 2.23. The van der Waals surface area contributed by atoms with E-state index in [1.165, 1.54) is 0 Å². The van der Waals surface area contributed by atoms with E-state index in [4.69, 9.17) is 5.11 Å². The van der Waals surface area contributed by atoms with Crippen LogP contribution >= 0.6 is 11.3 Å². The van der Waals surface area contributed by atoms with Gasteiger partial charge >= 0.3 is 0 Å². The van der Waals surface area contributed by atoms with Gasteiger partial charge in [0.25, 0.3) is 5.91 Å². The molecule has 0 aliphatic carbocycles. The molecule has 6 heteroatoms. The summed E-state index contributed by atoms with van der Waals surface area (Å²) >= 11 is 1.60. The standard InChI is InChI=1S/C15H21N3O2S/c1-4-18(6-5-7-19)15(20)14-8-12(9-17(14)3)13-10-21-11(2)16-13/h8-10,19H,4-7H2,1-3H3. The van der Waals surface area contributed by atoms with E-state index in [0.717, 1.165) is 16.3 Å². The van der Waals surface area contributed by atoms with Gasteiger partial charge in [0.2, 0.25) is 0 Å². The predicted octanol–water partition coefficient (Wildman–Crippen LogP) is 2.30. The highest BCUT2D eigenvalue weighted by atomic mass is 32.1. The van der Waals surface area contributed by atoms with Crippen molar-refractivity contribution in [3.05, 3.63) is 28.3 Å². The molecule has 0 saturated carbocycles. The number of thiazole rings is 1. The highest BCUT2D eigenvalue weighted by Gasteiger charge is 2.18. The van der Waals surface area contributed by atoms with Crippen molar-refractivity contribution < 1.29 is 9.90 Å². The quantitative estimate of drug-likeness (QED) is 0.891. The molecule has 114 valence electrons. The maximum Gasteiger partial charge on any atom is 0.270 e. The van der Waals surface area contributed by atoms with Crippen LogP contribution in [-0.4, -0.2) is 45.2 Å². The zero-order chi connectivity index (χ0) is 15.4. The minimum absolute atomic E-state index is 0.00773. The lowest BCUT2D eigenvalue weighted by atomic mass is 10.2. The second-order valence-electron chi connectivity index (χ2n) is 4.94. The van der Waals surface area contributed by atoms with Crippen molar-refractivity contribution >= 4 is 17.2 Å². The molecular formula is C15H21N3O2S. The van der Waals surface area contributed by atoms with Gasteiger partial charge in [-0.15, -0.1) is 11.3 Å². The molecule has 0 saturated heterocycles. The Hall–Kier alpha value is -1.66. The van der Waals surface area contributed by atoms with Gasteiger partial charge < -0.3 is 14.6 Å². The van der Waals surface area contributed by atoms with E-state index in [2.05, 4.69) is 4.98 Å². The second-order valence-corrected chi connectivity index (χ2v) is 6.00. The van der Waals surface area contributed by atoms with Crippen molar-refractivity contribution in [2.24, 2.45) is 7.05 Å². The molecule has 2 heterocycles. The molecule has 0 bridgehead atoms. The fourth-order valence-corrected chi connectivity index (χ4v) is 2.86. The topological polar surface area (TPSA) is 58.4 Å². The van der Waals surface area contributed by atoms with Crippen LogP contribution in [0.15, 0.2) is 17.6 Å². The summed E-state index contributed by atoms with van der Waals surface area (Å²) in [5.41, 5.74) is 2.52. The van der Waals surface area contributed by atoms with Gasteiger partial charge in [-0.05, 0) is 26.3 Å². The molecule has 0 spiro atoms. The molecule has 5 nitrogen and oxygen atoms in total. The molecule has 1 amide bonds. The van der Waals surface area contributed by atoms with E-state index in [-0.39, 0.29) is 12.5 Å². The molecule has 21 heavy (non-hydrogen) atoms. The van der Waals surface area contributed by atoms with Crippen LogP contribution in [0.4, 0.5) is 0 Å². The van der Waals surface area contributed by atoms with Crippen molar-refractivity contribution in [1.82, 2.24) is 14.5 Å². The number of aryl methyl sites for hydroxylation is 2. The number of amides is 1. The third-order valence-corrected chi connectivity index (χ3v) is 4.17. The normalized spacial score (nSPS) is 10.9. The van der Waals surface area contributed by atoms with Crippen molar-refractivity contribution in [3.63, 3.8) is 0 Å². The maximum absolute atomic E-state index is 12.6. The molecule has 0 fully saturated rings. The van der Waals surface area contributed by atoms with Crippen molar-refractivity contribution in [2.75, 3.05) is 19.7 Å². The molecule has 2 rings (SSSR count). The summed E-state index contributed by atoms with van der Waals surface area (Å²) < 4.78 is 1.84. The first-order valence-electron chi connectivity index (χ1n) is 7.05. The Bertz CT molecular complexity index is 618. The molecule has 0 aromatic carbocycles. The average Bonchev–Trinajstić information content (AvgIpc) is 3.05. The summed E-state index contributed by atoms with van der Waals surface area (Å²) in [4.78, 5) is 18.8. The van der Waals surface area contributed by atoms with Gasteiger partial charge in [-0.3, -0.25) is 4.79 Å².